The smallest absolute Gasteiger partial charge is 0.343 e. The number of esters is 1. The largest absolute Gasteiger partial charge is 0.506 e. The van der Waals surface area contributed by atoms with Crippen LogP contribution in [-0.2, 0) is 14.3 Å². The van der Waals surface area contributed by atoms with Gasteiger partial charge in [0.25, 0.3) is 0 Å². The predicted molar refractivity (Wildman–Crippen MR) is 97.7 cm³/mol. The van der Waals surface area contributed by atoms with E-state index in [1.165, 1.54) is 6.21 Å². The number of hydrogen-bond donors (Lipinski definition) is 1. The number of carbonyl (C=O) groups is 1. The van der Waals surface area contributed by atoms with Crippen molar-refractivity contribution in [3.05, 3.63) is 38.8 Å². The van der Waals surface area contributed by atoms with Crippen molar-refractivity contribution in [2.24, 2.45) is 4.99 Å². The number of rotatable bonds is 6. The zero-order valence-electron chi connectivity index (χ0n) is 13.3. The summed E-state index contributed by atoms with van der Waals surface area (Å²) in [6.45, 7) is 3.07. The molecule has 5 nitrogen and oxygen atoms in total. The Morgan fingerprint density at radius 3 is 3.00 bits per heavy atom. The Morgan fingerprint density at radius 1 is 1.58 bits per heavy atom. The molecule has 0 amide bonds. The molecule has 0 bridgehead atoms. The number of hydrogen-bond acceptors (Lipinski definition) is 5. The van der Waals surface area contributed by atoms with E-state index in [4.69, 9.17) is 21.1 Å². The Labute approximate surface area is 154 Å². The molecule has 1 atom stereocenters. The Balaban J connectivity index is 2.28. The molecule has 1 aliphatic heterocycles. The highest BCUT2D eigenvalue weighted by atomic mass is 79.9. The molecule has 1 heterocycles. The lowest BCUT2D eigenvalue weighted by Crippen LogP contribution is -2.13. The molecule has 24 heavy (non-hydrogen) atoms. The van der Waals surface area contributed by atoms with Crippen LogP contribution in [-0.4, -0.2) is 43.2 Å². The van der Waals surface area contributed by atoms with E-state index in [0.29, 0.717) is 17.1 Å². The Morgan fingerprint density at radius 2 is 2.38 bits per heavy atom. The Kier molecular flexibility index (Phi) is 7.27. The minimum absolute atomic E-state index is 0.0286. The summed E-state index contributed by atoms with van der Waals surface area (Å²) in [5, 5.41) is 10.8. The second-order valence-corrected chi connectivity index (χ2v) is 6.56. The van der Waals surface area contributed by atoms with Gasteiger partial charge < -0.3 is 14.6 Å². The average Bonchev–Trinajstić information content (AvgIpc) is 3.04. The summed E-state index contributed by atoms with van der Waals surface area (Å²) < 4.78 is 11.3. The molecule has 1 unspecified atom stereocenters. The molecule has 0 saturated carbocycles. The number of aliphatic hydroxyl groups is 1. The van der Waals surface area contributed by atoms with E-state index in [1.54, 1.807) is 25.1 Å². The van der Waals surface area contributed by atoms with Crippen molar-refractivity contribution < 1.29 is 19.4 Å². The average molecular weight is 417 g/mol. The highest BCUT2D eigenvalue weighted by Crippen LogP contribution is 2.27. The van der Waals surface area contributed by atoms with Crippen molar-refractivity contribution in [2.45, 2.75) is 25.9 Å². The van der Waals surface area contributed by atoms with Gasteiger partial charge in [0.05, 0.1) is 24.3 Å². The zero-order chi connectivity index (χ0) is 17.5. The van der Waals surface area contributed by atoms with Crippen molar-refractivity contribution in [3.8, 4) is 0 Å². The summed E-state index contributed by atoms with van der Waals surface area (Å²) in [7, 11) is 0. The standard InChI is InChI=1S/C17H19BrClNO4/c1-2-23-17(22)14(10-20-9-12-4-3-7-24-12)16(21)13-6-5-11(18)8-15(13)19/h5-6,8,10,12,21H,2-4,7,9H2,1H3. The second-order valence-electron chi connectivity index (χ2n) is 5.24. The molecule has 0 radical (unpaired) electrons. The number of halogens is 2. The van der Waals surface area contributed by atoms with E-state index >= 15 is 0 Å². The molecule has 7 heteroatoms. The molecule has 0 aromatic heterocycles. The SMILES string of the molecule is CCOC(=O)C(C=NCC1CCCO1)=C(O)c1ccc(Br)cc1Cl. The van der Waals surface area contributed by atoms with Crippen molar-refractivity contribution in [1.82, 2.24) is 0 Å². The summed E-state index contributed by atoms with van der Waals surface area (Å²) in [6, 6.07) is 4.98. The van der Waals surface area contributed by atoms with Crippen LogP contribution in [0.2, 0.25) is 5.02 Å². The Bertz CT molecular complexity index is 654. The zero-order valence-corrected chi connectivity index (χ0v) is 15.6. The first-order valence-corrected chi connectivity index (χ1v) is 8.87. The normalized spacial score (nSPS) is 18.7. The molecule has 1 saturated heterocycles. The van der Waals surface area contributed by atoms with E-state index in [-0.39, 0.29) is 24.0 Å². The van der Waals surface area contributed by atoms with Crippen LogP contribution >= 0.6 is 27.5 Å². The lowest BCUT2D eigenvalue weighted by molar-refractivity contribution is -0.137. The van der Waals surface area contributed by atoms with Crippen LogP contribution in [0.5, 0.6) is 0 Å². The minimum Gasteiger partial charge on any atom is -0.506 e. The maximum atomic E-state index is 12.1. The third kappa shape index (κ3) is 5.06. The fraction of sp³-hybridized carbons (Fsp3) is 0.412. The van der Waals surface area contributed by atoms with Gasteiger partial charge >= 0.3 is 5.97 Å². The molecule has 0 spiro atoms. The molecular formula is C17H19BrClNO4. The van der Waals surface area contributed by atoms with Crippen LogP contribution in [0.4, 0.5) is 0 Å². The molecule has 1 aliphatic rings. The van der Waals surface area contributed by atoms with Crippen LogP contribution < -0.4 is 0 Å². The molecule has 130 valence electrons. The van der Waals surface area contributed by atoms with Gasteiger partial charge in [0.2, 0.25) is 0 Å². The molecule has 1 aromatic carbocycles. The van der Waals surface area contributed by atoms with Gasteiger partial charge in [-0.05, 0) is 38.0 Å². The van der Waals surface area contributed by atoms with Crippen LogP contribution in [0.25, 0.3) is 5.76 Å². The monoisotopic (exact) mass is 415 g/mol. The highest BCUT2D eigenvalue weighted by molar-refractivity contribution is 9.10. The van der Waals surface area contributed by atoms with Gasteiger partial charge in [-0.2, -0.15) is 0 Å². The van der Waals surface area contributed by atoms with Crippen molar-refractivity contribution >= 4 is 45.5 Å². The van der Waals surface area contributed by atoms with E-state index in [0.717, 1.165) is 23.9 Å². The van der Waals surface area contributed by atoms with Crippen molar-refractivity contribution in [1.29, 1.82) is 0 Å². The van der Waals surface area contributed by atoms with E-state index in [1.807, 2.05) is 0 Å². The molecule has 1 N–H and O–H groups in total. The predicted octanol–water partition coefficient (Wildman–Crippen LogP) is 4.18. The highest BCUT2D eigenvalue weighted by Gasteiger charge is 2.19. The molecular weight excluding hydrogens is 398 g/mol. The number of nitrogens with zero attached hydrogens (tertiary/aromatic N) is 1. The fourth-order valence-corrected chi connectivity index (χ4v) is 3.06. The van der Waals surface area contributed by atoms with E-state index < -0.39 is 5.97 Å². The lowest BCUT2D eigenvalue weighted by Gasteiger charge is -2.09. The first-order valence-electron chi connectivity index (χ1n) is 7.70. The number of carbonyl (C=O) groups excluding carboxylic acids is 1. The Hall–Kier alpha value is -1.37. The van der Waals surface area contributed by atoms with Crippen LogP contribution in [0.15, 0.2) is 33.2 Å². The number of aliphatic hydroxyl groups excluding tert-OH is 1. The first kappa shape index (κ1) is 19.0. The summed E-state index contributed by atoms with van der Waals surface area (Å²) >= 11 is 9.45. The molecule has 0 aliphatic carbocycles. The van der Waals surface area contributed by atoms with Crippen LogP contribution in [0.1, 0.15) is 25.3 Å². The summed E-state index contributed by atoms with van der Waals surface area (Å²) in [4.78, 5) is 16.4. The van der Waals surface area contributed by atoms with Crippen molar-refractivity contribution in [3.63, 3.8) is 0 Å². The van der Waals surface area contributed by atoms with Gasteiger partial charge in [-0.1, -0.05) is 27.5 Å². The second kappa shape index (κ2) is 9.20. The number of ether oxygens (including phenoxy) is 2. The fourth-order valence-electron chi connectivity index (χ4n) is 2.30. The van der Waals surface area contributed by atoms with Gasteiger partial charge in [0, 0.05) is 22.9 Å². The maximum Gasteiger partial charge on any atom is 0.343 e. The van der Waals surface area contributed by atoms with E-state index in [2.05, 4.69) is 20.9 Å². The summed E-state index contributed by atoms with van der Waals surface area (Å²) in [5.74, 6) is -0.910. The van der Waals surface area contributed by atoms with E-state index in [9.17, 15) is 9.90 Å². The van der Waals surface area contributed by atoms with Gasteiger partial charge in [0.1, 0.15) is 11.3 Å². The van der Waals surface area contributed by atoms with Gasteiger partial charge in [-0.25, -0.2) is 4.79 Å². The van der Waals surface area contributed by atoms with Crippen molar-refractivity contribution in [2.75, 3.05) is 19.8 Å². The lowest BCUT2D eigenvalue weighted by atomic mass is 10.1. The quantitative estimate of drug-likeness (QED) is 0.327. The third-order valence-corrected chi connectivity index (χ3v) is 4.30. The minimum atomic E-state index is -0.648. The van der Waals surface area contributed by atoms with Crippen LogP contribution in [0, 0.1) is 0 Å². The summed E-state index contributed by atoms with van der Waals surface area (Å²) in [6.07, 6.45) is 3.34. The topological polar surface area (TPSA) is 68.1 Å². The summed E-state index contributed by atoms with van der Waals surface area (Å²) in [5.41, 5.74) is 0.311. The molecule has 1 aromatic rings. The number of benzene rings is 1. The van der Waals surface area contributed by atoms with Gasteiger partial charge in [-0.3, -0.25) is 4.99 Å². The van der Waals surface area contributed by atoms with Crippen LogP contribution in [0.3, 0.4) is 0 Å². The van der Waals surface area contributed by atoms with Gasteiger partial charge in [-0.15, -0.1) is 0 Å². The first-order chi connectivity index (χ1) is 11.5. The molecule has 1 fully saturated rings. The van der Waals surface area contributed by atoms with Gasteiger partial charge in [0.15, 0.2) is 0 Å². The molecule has 2 rings (SSSR count). The maximum absolute atomic E-state index is 12.1. The number of aliphatic imine (C=N–C) groups is 1. The third-order valence-electron chi connectivity index (χ3n) is 3.49.